The Morgan fingerprint density at radius 1 is 1.10 bits per heavy atom. The van der Waals surface area contributed by atoms with E-state index in [-0.39, 0.29) is 0 Å². The van der Waals surface area contributed by atoms with Crippen LogP contribution in [0.25, 0.3) is 10.6 Å². The van der Waals surface area contributed by atoms with Crippen LogP contribution in [0.3, 0.4) is 0 Å². The lowest BCUT2D eigenvalue weighted by atomic mass is 10.2. The van der Waals surface area contributed by atoms with Gasteiger partial charge in [0.1, 0.15) is 16.5 Å². The zero-order valence-corrected chi connectivity index (χ0v) is 12.1. The number of benzene rings is 1. The summed E-state index contributed by atoms with van der Waals surface area (Å²) in [4.78, 5) is 5.51. The number of furan rings is 1. The van der Waals surface area contributed by atoms with Crippen LogP contribution in [0, 0.1) is 6.92 Å². The van der Waals surface area contributed by atoms with Crippen LogP contribution in [0.4, 0.5) is 0 Å². The van der Waals surface area contributed by atoms with E-state index in [1.165, 1.54) is 5.56 Å². The molecule has 0 bridgehead atoms. The normalized spacial score (nSPS) is 10.8. The number of nitrogens with zero attached hydrogens (tertiary/aromatic N) is 1. The first-order chi connectivity index (χ1) is 9.81. The zero-order valence-electron chi connectivity index (χ0n) is 11.3. The molecular formula is C16H16N2OS. The highest BCUT2D eigenvalue weighted by Gasteiger charge is 2.07. The average molecular weight is 284 g/mol. The lowest BCUT2D eigenvalue weighted by Gasteiger charge is -2.01. The highest BCUT2D eigenvalue weighted by atomic mass is 32.1. The summed E-state index contributed by atoms with van der Waals surface area (Å²) in [5.41, 5.74) is 1.28. The number of hydrogen-bond acceptors (Lipinski definition) is 4. The highest BCUT2D eigenvalue weighted by molar-refractivity contribution is 7.15. The molecule has 1 aromatic carbocycles. The van der Waals surface area contributed by atoms with E-state index in [2.05, 4.69) is 34.6 Å². The minimum absolute atomic E-state index is 0.777. The molecule has 3 rings (SSSR count). The molecule has 2 aromatic heterocycles. The van der Waals surface area contributed by atoms with Crippen molar-refractivity contribution in [1.29, 1.82) is 0 Å². The lowest BCUT2D eigenvalue weighted by molar-refractivity contribution is 0.549. The Labute approximate surface area is 122 Å². The van der Waals surface area contributed by atoms with Crippen LogP contribution in [-0.4, -0.2) is 4.98 Å². The van der Waals surface area contributed by atoms with E-state index in [0.29, 0.717) is 0 Å². The second-order valence-electron chi connectivity index (χ2n) is 4.62. The van der Waals surface area contributed by atoms with Gasteiger partial charge < -0.3 is 9.73 Å². The molecule has 0 saturated carbocycles. The van der Waals surface area contributed by atoms with Crippen molar-refractivity contribution in [3.8, 4) is 10.6 Å². The van der Waals surface area contributed by atoms with Gasteiger partial charge in [-0.15, -0.1) is 11.3 Å². The van der Waals surface area contributed by atoms with Gasteiger partial charge in [0.15, 0.2) is 0 Å². The quantitative estimate of drug-likeness (QED) is 0.769. The Kier molecular flexibility index (Phi) is 3.95. The van der Waals surface area contributed by atoms with Crippen LogP contribution in [-0.2, 0) is 13.1 Å². The minimum Gasteiger partial charge on any atom is -0.460 e. The van der Waals surface area contributed by atoms with Gasteiger partial charge in [0.2, 0.25) is 0 Å². The van der Waals surface area contributed by atoms with Crippen molar-refractivity contribution in [2.75, 3.05) is 0 Å². The Morgan fingerprint density at radius 3 is 2.70 bits per heavy atom. The van der Waals surface area contributed by atoms with E-state index in [4.69, 9.17) is 4.42 Å². The van der Waals surface area contributed by atoms with Crippen LogP contribution in [0.5, 0.6) is 0 Å². The van der Waals surface area contributed by atoms with E-state index in [1.807, 2.05) is 31.3 Å². The molecule has 2 heterocycles. The van der Waals surface area contributed by atoms with E-state index in [9.17, 15) is 0 Å². The first-order valence-corrected chi connectivity index (χ1v) is 7.39. The fourth-order valence-electron chi connectivity index (χ4n) is 1.98. The fraction of sp³-hybridized carbons (Fsp3) is 0.188. The molecule has 3 nitrogen and oxygen atoms in total. The van der Waals surface area contributed by atoms with E-state index < -0.39 is 0 Å². The third kappa shape index (κ3) is 3.15. The number of rotatable bonds is 5. The van der Waals surface area contributed by atoms with Gasteiger partial charge in [0.05, 0.1) is 4.88 Å². The predicted octanol–water partition coefficient (Wildman–Crippen LogP) is 4.00. The molecule has 3 aromatic rings. The standard InChI is InChI=1S/C16H16N2OS/c1-12-7-8-14(19-12)15-10-18-16(20-15)11-17-9-13-5-3-2-4-6-13/h2-8,10,17H,9,11H2,1H3. The maximum Gasteiger partial charge on any atom is 0.145 e. The molecule has 0 amide bonds. The molecule has 0 aliphatic heterocycles. The van der Waals surface area contributed by atoms with Crippen LogP contribution in [0.1, 0.15) is 16.3 Å². The summed E-state index contributed by atoms with van der Waals surface area (Å²) in [6.07, 6.45) is 1.88. The molecule has 0 aliphatic carbocycles. The predicted molar refractivity (Wildman–Crippen MR) is 81.5 cm³/mol. The maximum absolute atomic E-state index is 5.61. The first-order valence-electron chi connectivity index (χ1n) is 6.57. The number of nitrogens with one attached hydrogen (secondary N) is 1. The smallest absolute Gasteiger partial charge is 0.145 e. The summed E-state index contributed by atoms with van der Waals surface area (Å²) >= 11 is 1.67. The Hall–Kier alpha value is -1.91. The molecule has 1 N–H and O–H groups in total. The van der Waals surface area contributed by atoms with Crippen molar-refractivity contribution in [3.63, 3.8) is 0 Å². The van der Waals surface area contributed by atoms with Crippen LogP contribution < -0.4 is 5.32 Å². The van der Waals surface area contributed by atoms with Crippen molar-refractivity contribution in [3.05, 3.63) is 65.0 Å². The SMILES string of the molecule is Cc1ccc(-c2cnc(CNCc3ccccc3)s2)o1. The number of aromatic nitrogens is 1. The molecule has 0 fully saturated rings. The van der Waals surface area contributed by atoms with Crippen LogP contribution in [0.15, 0.2) is 53.1 Å². The van der Waals surface area contributed by atoms with Crippen molar-refractivity contribution in [2.45, 2.75) is 20.0 Å². The molecular weight excluding hydrogens is 268 g/mol. The van der Waals surface area contributed by atoms with Gasteiger partial charge in [-0.25, -0.2) is 4.98 Å². The summed E-state index contributed by atoms with van der Waals surface area (Å²) in [5, 5.41) is 4.48. The summed E-state index contributed by atoms with van der Waals surface area (Å²) in [6, 6.07) is 14.3. The van der Waals surface area contributed by atoms with Gasteiger partial charge in [0.25, 0.3) is 0 Å². The number of aryl methyl sites for hydroxylation is 1. The van der Waals surface area contributed by atoms with Crippen LogP contribution in [0.2, 0.25) is 0 Å². The molecule has 0 aliphatic rings. The van der Waals surface area contributed by atoms with Gasteiger partial charge in [-0.2, -0.15) is 0 Å². The van der Waals surface area contributed by atoms with Gasteiger partial charge in [0, 0.05) is 19.3 Å². The molecule has 4 heteroatoms. The van der Waals surface area contributed by atoms with Gasteiger partial charge >= 0.3 is 0 Å². The van der Waals surface area contributed by atoms with Crippen molar-refractivity contribution >= 4 is 11.3 Å². The van der Waals surface area contributed by atoms with E-state index >= 15 is 0 Å². The summed E-state index contributed by atoms with van der Waals surface area (Å²) < 4.78 is 5.61. The minimum atomic E-state index is 0.777. The third-order valence-corrected chi connectivity index (χ3v) is 4.00. The topological polar surface area (TPSA) is 38.1 Å². The van der Waals surface area contributed by atoms with Gasteiger partial charge in [-0.1, -0.05) is 30.3 Å². The fourth-order valence-corrected chi connectivity index (χ4v) is 2.83. The van der Waals surface area contributed by atoms with Gasteiger partial charge in [-0.3, -0.25) is 0 Å². The zero-order chi connectivity index (χ0) is 13.8. The number of thiazole rings is 1. The third-order valence-electron chi connectivity index (χ3n) is 2.98. The highest BCUT2D eigenvalue weighted by Crippen LogP contribution is 2.27. The van der Waals surface area contributed by atoms with Crippen molar-refractivity contribution < 1.29 is 4.42 Å². The molecule has 0 spiro atoms. The summed E-state index contributed by atoms with van der Waals surface area (Å²) in [5.74, 6) is 1.83. The summed E-state index contributed by atoms with van der Waals surface area (Å²) in [7, 11) is 0. The van der Waals surface area contributed by atoms with E-state index in [1.54, 1.807) is 11.3 Å². The van der Waals surface area contributed by atoms with Crippen molar-refractivity contribution in [2.24, 2.45) is 0 Å². The second-order valence-corrected chi connectivity index (χ2v) is 5.73. The van der Waals surface area contributed by atoms with Crippen LogP contribution >= 0.6 is 11.3 Å². The average Bonchev–Trinajstić information content (AvgIpc) is 3.09. The molecule has 102 valence electrons. The lowest BCUT2D eigenvalue weighted by Crippen LogP contribution is -2.12. The number of hydrogen-bond donors (Lipinski definition) is 1. The van der Waals surface area contributed by atoms with Gasteiger partial charge in [-0.05, 0) is 24.6 Å². The Balaban J connectivity index is 1.58. The Morgan fingerprint density at radius 2 is 1.95 bits per heavy atom. The first kappa shape index (κ1) is 13.1. The molecule has 20 heavy (non-hydrogen) atoms. The molecule has 0 unspecified atom stereocenters. The monoisotopic (exact) mass is 284 g/mol. The molecule has 0 radical (unpaired) electrons. The summed E-state index contributed by atoms with van der Waals surface area (Å²) in [6.45, 7) is 3.59. The largest absolute Gasteiger partial charge is 0.460 e. The Bertz CT molecular complexity index is 673. The van der Waals surface area contributed by atoms with E-state index in [0.717, 1.165) is 34.5 Å². The maximum atomic E-state index is 5.61. The second kappa shape index (κ2) is 6.03. The van der Waals surface area contributed by atoms with Crippen molar-refractivity contribution in [1.82, 2.24) is 10.3 Å². The molecule has 0 saturated heterocycles. The molecule has 0 atom stereocenters.